The van der Waals surface area contributed by atoms with Crippen molar-refractivity contribution in [3.63, 3.8) is 0 Å². The van der Waals surface area contributed by atoms with Crippen LogP contribution >= 0.6 is 0 Å². The number of amides is 2. The zero-order chi connectivity index (χ0) is 13.1. The van der Waals surface area contributed by atoms with E-state index in [2.05, 4.69) is 5.32 Å². The van der Waals surface area contributed by atoms with Gasteiger partial charge in [-0.15, -0.1) is 0 Å². The number of rotatable bonds is 4. The maximum Gasteiger partial charge on any atom is 0.317 e. The lowest BCUT2D eigenvalue weighted by Crippen LogP contribution is -2.51. The first-order valence-corrected chi connectivity index (χ1v) is 5.77. The SMILES string of the molecule is CN(CCO)C(=O)NC1CCCC1(C)C(=O)O. The molecule has 6 nitrogen and oxygen atoms in total. The Morgan fingerprint density at radius 2 is 2.18 bits per heavy atom. The maximum atomic E-state index is 11.7. The van der Waals surface area contributed by atoms with Gasteiger partial charge < -0.3 is 20.4 Å². The molecule has 1 aliphatic carbocycles. The molecule has 17 heavy (non-hydrogen) atoms. The number of aliphatic carboxylic acids is 1. The van der Waals surface area contributed by atoms with Crippen molar-refractivity contribution in [3.8, 4) is 0 Å². The summed E-state index contributed by atoms with van der Waals surface area (Å²) in [6.07, 6.45) is 2.07. The van der Waals surface area contributed by atoms with Crippen LogP contribution in [0.1, 0.15) is 26.2 Å². The molecular weight excluding hydrogens is 224 g/mol. The van der Waals surface area contributed by atoms with E-state index >= 15 is 0 Å². The molecule has 3 N–H and O–H groups in total. The summed E-state index contributed by atoms with van der Waals surface area (Å²) in [5.41, 5.74) is -0.879. The van der Waals surface area contributed by atoms with Crippen LogP contribution in [0.25, 0.3) is 0 Å². The van der Waals surface area contributed by atoms with Gasteiger partial charge in [-0.2, -0.15) is 0 Å². The molecule has 0 radical (unpaired) electrons. The number of nitrogens with zero attached hydrogens (tertiary/aromatic N) is 1. The van der Waals surface area contributed by atoms with E-state index in [0.29, 0.717) is 12.8 Å². The monoisotopic (exact) mass is 244 g/mol. The lowest BCUT2D eigenvalue weighted by Gasteiger charge is -2.29. The molecule has 1 saturated carbocycles. The summed E-state index contributed by atoms with van der Waals surface area (Å²) >= 11 is 0. The highest BCUT2D eigenvalue weighted by Gasteiger charge is 2.46. The summed E-state index contributed by atoms with van der Waals surface area (Å²) in [4.78, 5) is 24.3. The zero-order valence-electron chi connectivity index (χ0n) is 10.3. The van der Waals surface area contributed by atoms with Crippen LogP contribution in [0.3, 0.4) is 0 Å². The van der Waals surface area contributed by atoms with Crippen LogP contribution in [-0.2, 0) is 4.79 Å². The molecule has 2 atom stereocenters. The third-order valence-corrected chi connectivity index (χ3v) is 3.53. The third kappa shape index (κ3) is 2.88. The molecule has 0 aliphatic heterocycles. The average Bonchev–Trinajstić information content (AvgIpc) is 2.62. The Labute approximate surface area is 101 Å². The lowest BCUT2D eigenvalue weighted by atomic mass is 9.85. The number of hydrogen-bond donors (Lipinski definition) is 3. The predicted molar refractivity (Wildman–Crippen MR) is 61.6 cm³/mol. The molecule has 0 heterocycles. The first-order chi connectivity index (χ1) is 7.91. The number of hydrogen-bond acceptors (Lipinski definition) is 3. The van der Waals surface area contributed by atoms with E-state index in [4.69, 9.17) is 5.11 Å². The van der Waals surface area contributed by atoms with Crippen molar-refractivity contribution >= 4 is 12.0 Å². The van der Waals surface area contributed by atoms with Gasteiger partial charge >= 0.3 is 12.0 Å². The van der Waals surface area contributed by atoms with Crippen molar-refractivity contribution < 1.29 is 19.8 Å². The van der Waals surface area contributed by atoms with Crippen molar-refractivity contribution in [2.24, 2.45) is 5.41 Å². The van der Waals surface area contributed by atoms with Gasteiger partial charge in [-0.3, -0.25) is 4.79 Å². The molecule has 0 aromatic heterocycles. The quantitative estimate of drug-likeness (QED) is 0.662. The number of carbonyl (C=O) groups excluding carboxylic acids is 1. The molecule has 1 rings (SSSR count). The zero-order valence-corrected chi connectivity index (χ0v) is 10.3. The van der Waals surface area contributed by atoms with E-state index in [1.165, 1.54) is 4.90 Å². The number of likely N-dealkylation sites (N-methyl/N-ethyl adjacent to an activating group) is 1. The molecule has 0 aromatic carbocycles. The Morgan fingerprint density at radius 1 is 1.53 bits per heavy atom. The van der Waals surface area contributed by atoms with Gasteiger partial charge in [-0.25, -0.2) is 4.79 Å². The molecule has 0 spiro atoms. The topological polar surface area (TPSA) is 89.9 Å². The predicted octanol–water partition coefficient (Wildman–Crippen LogP) is 0.263. The first-order valence-electron chi connectivity index (χ1n) is 5.77. The minimum Gasteiger partial charge on any atom is -0.481 e. The largest absolute Gasteiger partial charge is 0.481 e. The van der Waals surface area contributed by atoms with Gasteiger partial charge in [0.25, 0.3) is 0 Å². The minimum atomic E-state index is -0.879. The number of nitrogens with one attached hydrogen (secondary N) is 1. The van der Waals surface area contributed by atoms with E-state index in [1.54, 1.807) is 14.0 Å². The van der Waals surface area contributed by atoms with Crippen molar-refractivity contribution in [3.05, 3.63) is 0 Å². The highest BCUT2D eigenvalue weighted by atomic mass is 16.4. The molecule has 98 valence electrons. The minimum absolute atomic E-state index is 0.106. The van der Waals surface area contributed by atoms with Crippen LogP contribution in [0.15, 0.2) is 0 Å². The van der Waals surface area contributed by atoms with Gasteiger partial charge in [-0.05, 0) is 19.8 Å². The van der Waals surface area contributed by atoms with Crippen LogP contribution in [-0.4, -0.2) is 53.4 Å². The molecule has 6 heteroatoms. The number of carboxylic acid groups (broad SMARTS) is 1. The molecule has 0 aromatic rings. The molecule has 1 aliphatic rings. The molecule has 0 saturated heterocycles. The number of carboxylic acids is 1. The molecule has 0 bridgehead atoms. The summed E-state index contributed by atoms with van der Waals surface area (Å²) in [5, 5.41) is 20.6. The van der Waals surface area contributed by atoms with Crippen LogP contribution in [0.4, 0.5) is 4.79 Å². The van der Waals surface area contributed by atoms with Crippen molar-refractivity contribution in [2.45, 2.75) is 32.2 Å². The van der Waals surface area contributed by atoms with Gasteiger partial charge in [0.1, 0.15) is 0 Å². The number of aliphatic hydroxyl groups is 1. The van der Waals surface area contributed by atoms with Gasteiger partial charge in [0.15, 0.2) is 0 Å². The van der Waals surface area contributed by atoms with Crippen molar-refractivity contribution in [1.29, 1.82) is 0 Å². The summed E-state index contributed by atoms with van der Waals surface area (Å²) in [7, 11) is 1.57. The van der Waals surface area contributed by atoms with Crippen LogP contribution in [0.2, 0.25) is 0 Å². The lowest BCUT2D eigenvalue weighted by molar-refractivity contribution is -0.148. The Hall–Kier alpha value is -1.30. The second-order valence-electron chi connectivity index (χ2n) is 4.76. The van der Waals surface area contributed by atoms with Crippen molar-refractivity contribution in [2.75, 3.05) is 20.2 Å². The summed E-state index contributed by atoms with van der Waals surface area (Å²) in [5.74, 6) is -0.870. The number of aliphatic hydroxyl groups excluding tert-OH is 1. The van der Waals surface area contributed by atoms with E-state index in [1.807, 2.05) is 0 Å². The average molecular weight is 244 g/mol. The summed E-state index contributed by atoms with van der Waals surface area (Å²) in [6.45, 7) is 1.80. The Balaban J connectivity index is 2.62. The van der Waals surface area contributed by atoms with Gasteiger partial charge in [-0.1, -0.05) is 6.42 Å². The van der Waals surface area contributed by atoms with Crippen LogP contribution in [0, 0.1) is 5.41 Å². The fourth-order valence-electron chi connectivity index (χ4n) is 2.16. The Kier molecular flexibility index (Phi) is 4.34. The molecule has 2 unspecified atom stereocenters. The smallest absolute Gasteiger partial charge is 0.317 e. The van der Waals surface area contributed by atoms with Gasteiger partial charge in [0, 0.05) is 19.6 Å². The molecule has 1 fully saturated rings. The normalized spacial score (nSPS) is 27.8. The second kappa shape index (κ2) is 5.35. The van der Waals surface area contributed by atoms with Crippen LogP contribution in [0.5, 0.6) is 0 Å². The van der Waals surface area contributed by atoms with E-state index < -0.39 is 11.4 Å². The highest BCUT2D eigenvalue weighted by molar-refractivity contribution is 5.79. The molecular formula is C11H20N2O4. The summed E-state index contributed by atoms with van der Waals surface area (Å²) in [6, 6.07) is -0.674. The second-order valence-corrected chi connectivity index (χ2v) is 4.76. The van der Waals surface area contributed by atoms with Crippen LogP contribution < -0.4 is 5.32 Å². The van der Waals surface area contributed by atoms with E-state index in [0.717, 1.165) is 6.42 Å². The first kappa shape index (κ1) is 13.8. The fraction of sp³-hybridized carbons (Fsp3) is 0.818. The van der Waals surface area contributed by atoms with Gasteiger partial charge in [0.2, 0.25) is 0 Å². The maximum absolute atomic E-state index is 11.7. The summed E-state index contributed by atoms with van der Waals surface area (Å²) < 4.78 is 0. The number of urea groups is 1. The molecule has 2 amide bonds. The number of carbonyl (C=O) groups is 2. The van der Waals surface area contributed by atoms with E-state index in [9.17, 15) is 14.7 Å². The van der Waals surface area contributed by atoms with E-state index in [-0.39, 0.29) is 25.2 Å². The van der Waals surface area contributed by atoms with Crippen molar-refractivity contribution in [1.82, 2.24) is 10.2 Å². The Bertz CT molecular complexity index is 308. The third-order valence-electron chi connectivity index (χ3n) is 3.53. The Morgan fingerprint density at radius 3 is 2.71 bits per heavy atom. The fourth-order valence-corrected chi connectivity index (χ4v) is 2.16. The standard InChI is InChI=1S/C11H20N2O4/c1-11(9(15)16)5-3-4-8(11)12-10(17)13(2)6-7-14/h8,14H,3-7H2,1-2H3,(H,12,17)(H,15,16). The van der Waals surface area contributed by atoms with Gasteiger partial charge in [0.05, 0.1) is 12.0 Å². The highest BCUT2D eigenvalue weighted by Crippen LogP contribution is 2.38.